The molecule has 4 heteroatoms. The van der Waals surface area contributed by atoms with Crippen LogP contribution in [0, 0.1) is 6.92 Å². The van der Waals surface area contributed by atoms with Crippen LogP contribution >= 0.6 is 0 Å². The highest BCUT2D eigenvalue weighted by atomic mass is 16.5. The van der Waals surface area contributed by atoms with Crippen molar-refractivity contribution in [1.29, 1.82) is 0 Å². The van der Waals surface area contributed by atoms with Crippen molar-refractivity contribution in [1.82, 2.24) is 4.98 Å². The van der Waals surface area contributed by atoms with Gasteiger partial charge in [-0.15, -0.1) is 0 Å². The van der Waals surface area contributed by atoms with Gasteiger partial charge in [0, 0.05) is 19.5 Å². The molecule has 80 valence electrons. The van der Waals surface area contributed by atoms with Gasteiger partial charge in [0.2, 0.25) is 0 Å². The molecule has 2 rings (SSSR count). The lowest BCUT2D eigenvalue weighted by Gasteiger charge is -2.11. The molecule has 15 heavy (non-hydrogen) atoms. The van der Waals surface area contributed by atoms with Crippen LogP contribution in [0.15, 0.2) is 22.6 Å². The standard InChI is InChI=1S/C11H14N2O2/c1-7(6-12)14-9-3-4-10-11(5-9)15-8(2)13-10/h3-5,7H,6,12H2,1-2H3. The van der Waals surface area contributed by atoms with Crippen molar-refractivity contribution in [2.75, 3.05) is 6.54 Å². The molecule has 0 radical (unpaired) electrons. The number of hydrogen-bond acceptors (Lipinski definition) is 4. The highest BCUT2D eigenvalue weighted by Crippen LogP contribution is 2.21. The van der Waals surface area contributed by atoms with Crippen LogP contribution in [-0.2, 0) is 0 Å². The second kappa shape index (κ2) is 3.90. The summed E-state index contributed by atoms with van der Waals surface area (Å²) in [6.45, 7) is 4.24. The Balaban J connectivity index is 2.30. The molecule has 1 aromatic carbocycles. The molecule has 0 bridgehead atoms. The van der Waals surface area contributed by atoms with Gasteiger partial charge < -0.3 is 14.9 Å². The first-order valence-corrected chi connectivity index (χ1v) is 4.93. The topological polar surface area (TPSA) is 61.3 Å². The molecule has 0 fully saturated rings. The fraction of sp³-hybridized carbons (Fsp3) is 0.364. The van der Waals surface area contributed by atoms with Gasteiger partial charge in [-0.05, 0) is 19.1 Å². The van der Waals surface area contributed by atoms with E-state index in [1.54, 1.807) is 0 Å². The average Bonchev–Trinajstić information content (AvgIpc) is 2.57. The van der Waals surface area contributed by atoms with E-state index in [0.717, 1.165) is 16.8 Å². The third kappa shape index (κ3) is 2.10. The quantitative estimate of drug-likeness (QED) is 0.832. The molecule has 0 spiro atoms. The van der Waals surface area contributed by atoms with Crippen molar-refractivity contribution >= 4 is 11.1 Å². The Morgan fingerprint density at radius 3 is 3.07 bits per heavy atom. The van der Waals surface area contributed by atoms with Crippen molar-refractivity contribution in [2.45, 2.75) is 20.0 Å². The Labute approximate surface area is 88.0 Å². The van der Waals surface area contributed by atoms with Crippen molar-refractivity contribution < 1.29 is 9.15 Å². The Kier molecular flexibility index (Phi) is 2.60. The largest absolute Gasteiger partial charge is 0.489 e. The lowest BCUT2D eigenvalue weighted by Crippen LogP contribution is -2.22. The van der Waals surface area contributed by atoms with Gasteiger partial charge >= 0.3 is 0 Å². The van der Waals surface area contributed by atoms with Crippen LogP contribution < -0.4 is 10.5 Å². The van der Waals surface area contributed by atoms with E-state index < -0.39 is 0 Å². The van der Waals surface area contributed by atoms with E-state index in [2.05, 4.69) is 4.98 Å². The Morgan fingerprint density at radius 1 is 1.53 bits per heavy atom. The van der Waals surface area contributed by atoms with Gasteiger partial charge in [-0.3, -0.25) is 0 Å². The Morgan fingerprint density at radius 2 is 2.33 bits per heavy atom. The van der Waals surface area contributed by atoms with Gasteiger partial charge in [0.15, 0.2) is 11.5 Å². The summed E-state index contributed by atoms with van der Waals surface area (Å²) in [4.78, 5) is 4.21. The fourth-order valence-electron chi connectivity index (χ4n) is 1.37. The zero-order valence-electron chi connectivity index (χ0n) is 8.86. The maximum Gasteiger partial charge on any atom is 0.192 e. The average molecular weight is 206 g/mol. The number of aromatic nitrogens is 1. The third-order valence-electron chi connectivity index (χ3n) is 2.14. The molecule has 0 saturated carbocycles. The molecule has 2 N–H and O–H groups in total. The molecule has 0 aliphatic heterocycles. The number of hydrogen-bond donors (Lipinski definition) is 1. The Bertz CT molecular complexity index is 465. The van der Waals surface area contributed by atoms with E-state index in [0.29, 0.717) is 12.4 Å². The highest BCUT2D eigenvalue weighted by molar-refractivity contribution is 5.74. The summed E-state index contributed by atoms with van der Waals surface area (Å²) in [5.74, 6) is 1.42. The van der Waals surface area contributed by atoms with E-state index in [1.807, 2.05) is 32.0 Å². The number of ether oxygens (including phenoxy) is 1. The van der Waals surface area contributed by atoms with Gasteiger partial charge in [0.1, 0.15) is 17.4 Å². The summed E-state index contributed by atoms with van der Waals surface area (Å²) in [5, 5.41) is 0. The minimum Gasteiger partial charge on any atom is -0.489 e. The third-order valence-corrected chi connectivity index (χ3v) is 2.14. The van der Waals surface area contributed by atoms with Crippen LogP contribution in [0.1, 0.15) is 12.8 Å². The molecule has 0 saturated heterocycles. The zero-order valence-corrected chi connectivity index (χ0v) is 8.86. The van der Waals surface area contributed by atoms with Gasteiger partial charge in [0.25, 0.3) is 0 Å². The number of nitrogens with two attached hydrogens (primary N) is 1. The monoisotopic (exact) mass is 206 g/mol. The normalized spacial score (nSPS) is 13.0. The first-order chi connectivity index (χ1) is 7.19. The molecule has 1 aromatic heterocycles. The van der Waals surface area contributed by atoms with E-state index in [1.165, 1.54) is 0 Å². The summed E-state index contributed by atoms with van der Waals surface area (Å²) >= 11 is 0. The van der Waals surface area contributed by atoms with Gasteiger partial charge in [-0.1, -0.05) is 0 Å². The zero-order chi connectivity index (χ0) is 10.8. The molecule has 4 nitrogen and oxygen atoms in total. The summed E-state index contributed by atoms with van der Waals surface area (Å²) in [6.07, 6.45) is 0.00599. The van der Waals surface area contributed by atoms with Crippen molar-refractivity contribution in [3.8, 4) is 5.75 Å². The minimum atomic E-state index is 0.00599. The molecule has 0 aliphatic carbocycles. The van der Waals surface area contributed by atoms with Crippen LogP contribution in [0.2, 0.25) is 0 Å². The molecule has 2 aromatic rings. The van der Waals surface area contributed by atoms with Crippen molar-refractivity contribution in [3.63, 3.8) is 0 Å². The predicted molar refractivity (Wildman–Crippen MR) is 57.9 cm³/mol. The van der Waals surface area contributed by atoms with Gasteiger partial charge in [0.05, 0.1) is 0 Å². The molecule has 1 atom stereocenters. The second-order valence-corrected chi connectivity index (χ2v) is 3.53. The van der Waals surface area contributed by atoms with Crippen LogP contribution in [0.5, 0.6) is 5.75 Å². The SMILES string of the molecule is Cc1nc2ccc(OC(C)CN)cc2o1. The highest BCUT2D eigenvalue weighted by Gasteiger charge is 2.05. The molecule has 0 aliphatic rings. The summed E-state index contributed by atoms with van der Waals surface area (Å²) in [5.41, 5.74) is 7.07. The predicted octanol–water partition coefficient (Wildman–Crippen LogP) is 1.86. The number of benzene rings is 1. The van der Waals surface area contributed by atoms with E-state index >= 15 is 0 Å². The number of rotatable bonds is 3. The van der Waals surface area contributed by atoms with E-state index in [-0.39, 0.29) is 6.10 Å². The smallest absolute Gasteiger partial charge is 0.192 e. The van der Waals surface area contributed by atoms with E-state index in [9.17, 15) is 0 Å². The maximum absolute atomic E-state index is 5.57. The van der Waals surface area contributed by atoms with Gasteiger partial charge in [-0.25, -0.2) is 4.98 Å². The number of oxazole rings is 1. The fourth-order valence-corrected chi connectivity index (χ4v) is 1.37. The lowest BCUT2D eigenvalue weighted by atomic mass is 10.3. The van der Waals surface area contributed by atoms with E-state index in [4.69, 9.17) is 14.9 Å². The van der Waals surface area contributed by atoms with Crippen LogP contribution in [0.4, 0.5) is 0 Å². The molecular formula is C11H14N2O2. The first kappa shape index (κ1) is 9.98. The molecule has 1 heterocycles. The molecule has 1 unspecified atom stereocenters. The second-order valence-electron chi connectivity index (χ2n) is 3.53. The van der Waals surface area contributed by atoms with Crippen molar-refractivity contribution in [2.24, 2.45) is 5.73 Å². The Hall–Kier alpha value is -1.55. The molecule has 0 amide bonds. The van der Waals surface area contributed by atoms with Crippen molar-refractivity contribution in [3.05, 3.63) is 24.1 Å². The number of fused-ring (bicyclic) bond motifs is 1. The first-order valence-electron chi connectivity index (χ1n) is 4.93. The lowest BCUT2D eigenvalue weighted by molar-refractivity contribution is 0.230. The summed E-state index contributed by atoms with van der Waals surface area (Å²) in [6, 6.07) is 5.59. The number of nitrogens with zero attached hydrogens (tertiary/aromatic N) is 1. The minimum absolute atomic E-state index is 0.00599. The number of aryl methyl sites for hydroxylation is 1. The summed E-state index contributed by atoms with van der Waals surface area (Å²) < 4.78 is 11.0. The van der Waals surface area contributed by atoms with Crippen LogP contribution in [0.3, 0.4) is 0 Å². The maximum atomic E-state index is 5.57. The van der Waals surface area contributed by atoms with Crippen LogP contribution in [0.25, 0.3) is 11.1 Å². The summed E-state index contributed by atoms with van der Waals surface area (Å²) in [7, 11) is 0. The molecular weight excluding hydrogens is 192 g/mol. The van der Waals surface area contributed by atoms with Gasteiger partial charge in [-0.2, -0.15) is 0 Å². The van der Waals surface area contributed by atoms with Crippen LogP contribution in [-0.4, -0.2) is 17.6 Å².